The second-order valence-corrected chi connectivity index (χ2v) is 4.65. The van der Waals surface area contributed by atoms with Crippen molar-refractivity contribution in [3.8, 4) is 5.75 Å². The first-order valence-corrected chi connectivity index (χ1v) is 6.68. The standard InChI is InChI=1S/C14H13ClF3NO5/c1-22-12(20)6-10(13(21)23-2)19-8-3-4-11(9(15)5-8)24-7-14(16,17)18/h3-6,19H,7H2,1-2H3/b10-6+. The first-order valence-electron chi connectivity index (χ1n) is 6.30. The smallest absolute Gasteiger partial charge is 0.422 e. The summed E-state index contributed by atoms with van der Waals surface area (Å²) in [6, 6.07) is 3.72. The van der Waals surface area contributed by atoms with E-state index in [-0.39, 0.29) is 22.2 Å². The number of methoxy groups -OCH3 is 2. The van der Waals surface area contributed by atoms with Crippen molar-refractivity contribution in [3.63, 3.8) is 0 Å². The number of nitrogens with one attached hydrogen (secondary N) is 1. The minimum atomic E-state index is -4.50. The first-order chi connectivity index (χ1) is 11.2. The highest BCUT2D eigenvalue weighted by molar-refractivity contribution is 6.32. The molecular weight excluding hydrogens is 355 g/mol. The Kier molecular flexibility index (Phi) is 6.90. The molecule has 0 bridgehead atoms. The van der Waals surface area contributed by atoms with Gasteiger partial charge >= 0.3 is 18.1 Å². The number of ether oxygens (including phenoxy) is 3. The van der Waals surface area contributed by atoms with Gasteiger partial charge in [0.2, 0.25) is 0 Å². The van der Waals surface area contributed by atoms with Gasteiger partial charge in [-0.05, 0) is 18.2 Å². The Morgan fingerprint density at radius 3 is 2.42 bits per heavy atom. The van der Waals surface area contributed by atoms with Crippen LogP contribution in [0.3, 0.4) is 0 Å². The average Bonchev–Trinajstić information content (AvgIpc) is 2.51. The highest BCUT2D eigenvalue weighted by Gasteiger charge is 2.28. The Morgan fingerprint density at radius 2 is 1.92 bits per heavy atom. The van der Waals surface area contributed by atoms with Gasteiger partial charge < -0.3 is 19.5 Å². The second-order valence-electron chi connectivity index (χ2n) is 4.25. The molecule has 6 nitrogen and oxygen atoms in total. The van der Waals surface area contributed by atoms with E-state index in [1.54, 1.807) is 0 Å². The van der Waals surface area contributed by atoms with Crippen LogP contribution in [0.15, 0.2) is 30.0 Å². The maximum absolute atomic E-state index is 12.1. The zero-order valence-electron chi connectivity index (χ0n) is 12.6. The maximum Gasteiger partial charge on any atom is 0.422 e. The second kappa shape index (κ2) is 8.44. The number of rotatable bonds is 6. The lowest BCUT2D eigenvalue weighted by Gasteiger charge is -2.13. The third-order valence-corrected chi connectivity index (χ3v) is 2.77. The zero-order valence-corrected chi connectivity index (χ0v) is 13.3. The number of carbonyl (C=O) groups is 2. The van der Waals surface area contributed by atoms with Crippen LogP contribution < -0.4 is 10.1 Å². The summed E-state index contributed by atoms with van der Waals surface area (Å²) in [6.07, 6.45) is -3.64. The highest BCUT2D eigenvalue weighted by atomic mass is 35.5. The van der Waals surface area contributed by atoms with E-state index in [9.17, 15) is 22.8 Å². The third kappa shape index (κ3) is 6.37. The minimum absolute atomic E-state index is 0.119. The number of esters is 2. The van der Waals surface area contributed by atoms with Crippen LogP contribution in [0.25, 0.3) is 0 Å². The summed E-state index contributed by atoms with van der Waals surface area (Å²) in [5.41, 5.74) is -0.0238. The predicted octanol–water partition coefficient (Wildman–Crippen LogP) is 2.92. The van der Waals surface area contributed by atoms with Gasteiger partial charge in [-0.15, -0.1) is 0 Å². The Hall–Kier alpha value is -2.42. The maximum atomic E-state index is 12.1. The normalized spacial score (nSPS) is 11.7. The van der Waals surface area contributed by atoms with Crippen molar-refractivity contribution in [2.75, 3.05) is 26.1 Å². The van der Waals surface area contributed by atoms with E-state index in [1.807, 2.05) is 0 Å². The molecule has 0 amide bonds. The summed E-state index contributed by atoms with van der Waals surface area (Å²) in [6.45, 7) is -1.49. The number of hydrogen-bond acceptors (Lipinski definition) is 6. The van der Waals surface area contributed by atoms with Gasteiger partial charge in [0.05, 0.1) is 25.3 Å². The molecule has 0 aliphatic heterocycles. The summed E-state index contributed by atoms with van der Waals surface area (Å²) < 4.78 is 49.8. The lowest BCUT2D eigenvalue weighted by atomic mass is 10.2. The van der Waals surface area contributed by atoms with Crippen molar-refractivity contribution in [2.24, 2.45) is 0 Å². The van der Waals surface area contributed by atoms with Crippen molar-refractivity contribution >= 4 is 29.2 Å². The number of anilines is 1. The van der Waals surface area contributed by atoms with Crippen LogP contribution in [0.1, 0.15) is 0 Å². The van der Waals surface area contributed by atoms with Crippen LogP contribution in [0, 0.1) is 0 Å². The van der Waals surface area contributed by atoms with E-state index in [0.29, 0.717) is 0 Å². The number of hydrogen-bond donors (Lipinski definition) is 1. The first kappa shape index (κ1) is 19.6. The zero-order chi connectivity index (χ0) is 18.3. The number of carbonyl (C=O) groups excluding carboxylic acids is 2. The summed E-state index contributed by atoms with van der Waals surface area (Å²) >= 11 is 5.83. The van der Waals surface area contributed by atoms with Crippen molar-refractivity contribution in [1.29, 1.82) is 0 Å². The Bertz CT molecular complexity index is 646. The third-order valence-electron chi connectivity index (χ3n) is 2.47. The number of benzene rings is 1. The molecule has 0 saturated heterocycles. The molecule has 0 unspecified atom stereocenters. The molecule has 0 aliphatic carbocycles. The van der Waals surface area contributed by atoms with E-state index in [2.05, 4.69) is 19.5 Å². The van der Waals surface area contributed by atoms with Crippen LogP contribution in [0.5, 0.6) is 5.75 Å². The molecule has 1 aromatic carbocycles. The average molecular weight is 368 g/mol. The van der Waals surface area contributed by atoms with Gasteiger partial charge in [0.25, 0.3) is 0 Å². The van der Waals surface area contributed by atoms with Crippen molar-refractivity contribution < 1.29 is 37.0 Å². The molecule has 132 valence electrons. The lowest BCUT2D eigenvalue weighted by molar-refractivity contribution is -0.153. The van der Waals surface area contributed by atoms with Crippen LogP contribution >= 0.6 is 11.6 Å². The minimum Gasteiger partial charge on any atom is -0.483 e. The molecule has 0 fully saturated rings. The van der Waals surface area contributed by atoms with Crippen molar-refractivity contribution in [3.05, 3.63) is 35.0 Å². The Morgan fingerprint density at radius 1 is 1.25 bits per heavy atom. The highest BCUT2D eigenvalue weighted by Crippen LogP contribution is 2.29. The molecule has 0 spiro atoms. The molecule has 0 aliphatic rings. The monoisotopic (exact) mass is 367 g/mol. The van der Waals surface area contributed by atoms with Crippen molar-refractivity contribution in [2.45, 2.75) is 6.18 Å². The van der Waals surface area contributed by atoms with E-state index in [0.717, 1.165) is 20.3 Å². The molecule has 0 saturated carbocycles. The fraction of sp³-hybridized carbons (Fsp3) is 0.286. The van der Waals surface area contributed by atoms with Gasteiger partial charge in [0.1, 0.15) is 11.4 Å². The molecular formula is C14H13ClF3NO5. The summed E-state index contributed by atoms with van der Waals surface area (Å²) in [7, 11) is 2.23. The topological polar surface area (TPSA) is 73.9 Å². The van der Waals surface area contributed by atoms with Gasteiger partial charge in [-0.2, -0.15) is 13.2 Å². The summed E-state index contributed by atoms with van der Waals surface area (Å²) in [5, 5.41) is 2.44. The Balaban J connectivity index is 2.93. The van der Waals surface area contributed by atoms with Gasteiger partial charge in [0.15, 0.2) is 6.61 Å². The number of alkyl halides is 3. The molecule has 10 heteroatoms. The van der Waals surface area contributed by atoms with Crippen LogP contribution in [-0.2, 0) is 19.1 Å². The molecule has 24 heavy (non-hydrogen) atoms. The summed E-state index contributed by atoms with van der Waals surface area (Å²) in [4.78, 5) is 22.8. The van der Waals surface area contributed by atoms with Gasteiger partial charge in [0, 0.05) is 5.69 Å². The van der Waals surface area contributed by atoms with Crippen molar-refractivity contribution in [1.82, 2.24) is 0 Å². The SMILES string of the molecule is COC(=O)/C=C(/Nc1ccc(OCC(F)(F)F)c(Cl)c1)C(=O)OC. The fourth-order valence-electron chi connectivity index (χ4n) is 1.44. The largest absolute Gasteiger partial charge is 0.483 e. The Labute approximate surface area is 140 Å². The van der Waals surface area contributed by atoms with Crippen LogP contribution in [0.2, 0.25) is 5.02 Å². The van der Waals surface area contributed by atoms with Crippen LogP contribution in [-0.4, -0.2) is 38.9 Å². The lowest BCUT2D eigenvalue weighted by Crippen LogP contribution is -2.19. The summed E-state index contributed by atoms with van der Waals surface area (Å²) in [5.74, 6) is -1.84. The van der Waals surface area contributed by atoms with Gasteiger partial charge in [-0.1, -0.05) is 11.6 Å². The van der Waals surface area contributed by atoms with E-state index < -0.39 is 24.7 Å². The predicted molar refractivity (Wildman–Crippen MR) is 78.7 cm³/mol. The fourth-order valence-corrected chi connectivity index (χ4v) is 1.68. The van der Waals surface area contributed by atoms with E-state index in [1.165, 1.54) is 18.2 Å². The quantitative estimate of drug-likeness (QED) is 0.615. The van der Waals surface area contributed by atoms with E-state index in [4.69, 9.17) is 11.6 Å². The van der Waals surface area contributed by atoms with Gasteiger partial charge in [-0.3, -0.25) is 0 Å². The molecule has 0 atom stereocenters. The van der Waals surface area contributed by atoms with E-state index >= 15 is 0 Å². The molecule has 0 heterocycles. The molecule has 1 aromatic rings. The molecule has 0 radical (unpaired) electrons. The molecule has 0 aromatic heterocycles. The molecule has 1 N–H and O–H groups in total. The number of halogens is 4. The van der Waals surface area contributed by atoms with Gasteiger partial charge in [-0.25, -0.2) is 9.59 Å². The van der Waals surface area contributed by atoms with Crippen LogP contribution in [0.4, 0.5) is 18.9 Å². The molecule has 1 rings (SSSR count).